The van der Waals surface area contributed by atoms with E-state index in [1.54, 1.807) is 6.07 Å². The zero-order valence-electron chi connectivity index (χ0n) is 14.5. The van der Waals surface area contributed by atoms with Crippen molar-refractivity contribution in [2.45, 2.75) is 20.4 Å². The smallest absolute Gasteiger partial charge is 0.322 e. The Morgan fingerprint density at radius 3 is 2.38 bits per heavy atom. The Hall–Kier alpha value is -2.93. The van der Waals surface area contributed by atoms with Crippen LogP contribution in [0.25, 0.3) is 0 Å². The molecule has 0 saturated carbocycles. The summed E-state index contributed by atoms with van der Waals surface area (Å²) in [5, 5.41) is 2.81. The molecular weight excluding hydrogens is 350 g/mol. The first-order valence-corrected chi connectivity index (χ1v) is 9.48. The molecule has 0 bridgehead atoms. The number of carbonyl (C=O) groups excluding carboxylic acids is 1. The van der Waals surface area contributed by atoms with Gasteiger partial charge in [0.05, 0.1) is 17.8 Å². The molecule has 6 nitrogen and oxygen atoms in total. The molecule has 7 heteroatoms. The van der Waals surface area contributed by atoms with E-state index in [4.69, 9.17) is 0 Å². The first kappa shape index (κ1) is 17.9. The van der Waals surface area contributed by atoms with Crippen molar-refractivity contribution in [1.82, 2.24) is 4.31 Å². The van der Waals surface area contributed by atoms with Crippen LogP contribution in [0.4, 0.5) is 5.69 Å². The van der Waals surface area contributed by atoms with Gasteiger partial charge in [-0.1, -0.05) is 48.5 Å². The highest BCUT2D eigenvalue weighted by Crippen LogP contribution is 2.21. The van der Waals surface area contributed by atoms with Crippen LogP contribution >= 0.6 is 0 Å². The number of carbonyl (C=O) groups is 1. The summed E-state index contributed by atoms with van der Waals surface area (Å²) in [4.78, 5) is 12.7. The number of aryl methyl sites for hydroxylation is 1. The van der Waals surface area contributed by atoms with Crippen LogP contribution in [0.3, 0.4) is 0 Å². The minimum absolute atomic E-state index is 0.112. The zero-order chi connectivity index (χ0) is 18.7. The summed E-state index contributed by atoms with van der Waals surface area (Å²) in [7, 11) is -3.85. The van der Waals surface area contributed by atoms with E-state index in [1.807, 2.05) is 55.5 Å². The Labute approximate surface area is 153 Å². The van der Waals surface area contributed by atoms with Crippen LogP contribution in [-0.2, 0) is 21.5 Å². The van der Waals surface area contributed by atoms with Crippen LogP contribution in [0.5, 0.6) is 0 Å². The number of para-hydroxylation sites is 1. The van der Waals surface area contributed by atoms with Crippen molar-refractivity contribution >= 4 is 27.5 Å². The van der Waals surface area contributed by atoms with Crippen LogP contribution < -0.4 is 5.32 Å². The van der Waals surface area contributed by atoms with Crippen molar-refractivity contribution in [2.75, 3.05) is 5.32 Å². The highest BCUT2D eigenvalue weighted by molar-refractivity contribution is 7.88. The Kier molecular flexibility index (Phi) is 4.90. The number of benzene rings is 2. The van der Waals surface area contributed by atoms with E-state index < -0.39 is 16.1 Å². The number of amides is 1. The molecule has 0 spiro atoms. The molecule has 0 atom stereocenters. The minimum Gasteiger partial charge on any atom is -0.322 e. The molecule has 0 aliphatic carbocycles. The topological polar surface area (TPSA) is 78.8 Å². The zero-order valence-corrected chi connectivity index (χ0v) is 15.3. The maximum Gasteiger partial charge on any atom is 0.344 e. The number of rotatable bonds is 4. The highest BCUT2D eigenvalue weighted by atomic mass is 32.2. The third kappa shape index (κ3) is 3.83. The lowest BCUT2D eigenvalue weighted by Crippen LogP contribution is -2.32. The molecule has 0 fully saturated rings. The summed E-state index contributed by atoms with van der Waals surface area (Å²) in [5.74, 6) is -0.395. The van der Waals surface area contributed by atoms with E-state index in [1.165, 1.54) is 13.1 Å². The molecule has 134 valence electrons. The van der Waals surface area contributed by atoms with Crippen molar-refractivity contribution in [3.8, 4) is 0 Å². The number of hydrogen-bond acceptors (Lipinski definition) is 3. The van der Waals surface area contributed by atoms with Gasteiger partial charge in [0.15, 0.2) is 0 Å². The first-order valence-electron chi connectivity index (χ1n) is 8.08. The average molecular weight is 369 g/mol. The minimum atomic E-state index is -3.85. The van der Waals surface area contributed by atoms with Crippen molar-refractivity contribution in [3.63, 3.8) is 0 Å². The lowest BCUT2D eigenvalue weighted by Gasteiger charge is -2.24. The number of anilines is 1. The van der Waals surface area contributed by atoms with Gasteiger partial charge in [-0.05, 0) is 31.0 Å². The Bertz CT molecular complexity index is 996. The molecule has 0 radical (unpaired) electrons. The molecule has 0 saturated heterocycles. The highest BCUT2D eigenvalue weighted by Gasteiger charge is 2.28. The predicted molar refractivity (Wildman–Crippen MR) is 102 cm³/mol. The molecule has 2 aromatic rings. The van der Waals surface area contributed by atoms with Gasteiger partial charge in [-0.2, -0.15) is 8.42 Å². The molecule has 0 aromatic heterocycles. The molecule has 3 rings (SSSR count). The molecule has 1 N–H and O–H groups in total. The average Bonchev–Trinajstić information content (AvgIpc) is 2.59. The van der Waals surface area contributed by atoms with Crippen molar-refractivity contribution < 1.29 is 13.2 Å². The van der Waals surface area contributed by atoms with E-state index >= 15 is 0 Å². The Balaban J connectivity index is 1.88. The molecule has 1 amide bonds. The molecule has 0 unspecified atom stereocenters. The second-order valence-electron chi connectivity index (χ2n) is 6.00. The van der Waals surface area contributed by atoms with Gasteiger partial charge in [0.25, 0.3) is 5.91 Å². The molecule has 1 aliphatic heterocycles. The Morgan fingerprint density at radius 1 is 1.04 bits per heavy atom. The van der Waals surface area contributed by atoms with Gasteiger partial charge in [0, 0.05) is 11.9 Å². The third-order valence-corrected chi connectivity index (χ3v) is 5.36. The summed E-state index contributed by atoms with van der Waals surface area (Å²) in [6.07, 6.45) is 1.35. The second-order valence-corrected chi connectivity index (χ2v) is 7.54. The van der Waals surface area contributed by atoms with Crippen molar-refractivity contribution in [1.29, 1.82) is 0 Å². The van der Waals surface area contributed by atoms with Gasteiger partial charge < -0.3 is 5.32 Å². The SMILES string of the molecule is CC1=NS(=O)(=O)N(Cc2ccccc2)C=C1C(=O)Nc1ccccc1C. The van der Waals surface area contributed by atoms with Crippen LogP contribution in [0.15, 0.2) is 70.8 Å². The maximum atomic E-state index is 12.7. The number of hydrogen-bond donors (Lipinski definition) is 1. The van der Waals surface area contributed by atoms with Gasteiger partial charge in [0.2, 0.25) is 0 Å². The second kappa shape index (κ2) is 7.13. The molecular formula is C19H19N3O3S. The maximum absolute atomic E-state index is 12.7. The van der Waals surface area contributed by atoms with Crippen molar-refractivity contribution in [3.05, 3.63) is 77.5 Å². The van der Waals surface area contributed by atoms with Crippen LogP contribution in [0.1, 0.15) is 18.1 Å². The van der Waals surface area contributed by atoms with Crippen molar-refractivity contribution in [2.24, 2.45) is 4.40 Å². The first-order chi connectivity index (χ1) is 12.4. The number of nitrogens with zero attached hydrogens (tertiary/aromatic N) is 2. The number of nitrogens with one attached hydrogen (secondary N) is 1. The van der Waals surface area contributed by atoms with E-state index in [9.17, 15) is 13.2 Å². The van der Waals surface area contributed by atoms with E-state index in [0.717, 1.165) is 15.4 Å². The largest absolute Gasteiger partial charge is 0.344 e. The standard InChI is InChI=1S/C19H19N3O3S/c1-14-8-6-7-11-18(14)20-19(23)17-13-22(26(24,25)21-15(17)2)12-16-9-4-3-5-10-16/h3-11,13H,12H2,1-2H3,(H,20,23). The molecule has 2 aromatic carbocycles. The normalized spacial score (nSPS) is 15.8. The van der Waals surface area contributed by atoms with Gasteiger partial charge in [-0.25, -0.2) is 0 Å². The van der Waals surface area contributed by atoms with Gasteiger partial charge in [0.1, 0.15) is 0 Å². The van der Waals surface area contributed by atoms with Crippen LogP contribution in [0, 0.1) is 6.92 Å². The summed E-state index contributed by atoms with van der Waals surface area (Å²) < 4.78 is 29.5. The predicted octanol–water partition coefficient (Wildman–Crippen LogP) is 3.04. The molecule has 26 heavy (non-hydrogen) atoms. The fourth-order valence-corrected chi connectivity index (χ4v) is 3.70. The van der Waals surface area contributed by atoms with Crippen LogP contribution in [0.2, 0.25) is 0 Å². The van der Waals surface area contributed by atoms with E-state index in [0.29, 0.717) is 5.69 Å². The lowest BCUT2D eigenvalue weighted by molar-refractivity contribution is -0.112. The third-order valence-electron chi connectivity index (χ3n) is 4.03. The monoisotopic (exact) mass is 369 g/mol. The molecule has 1 aliphatic rings. The van der Waals surface area contributed by atoms with Gasteiger partial charge >= 0.3 is 10.2 Å². The fraction of sp³-hybridized carbons (Fsp3) is 0.158. The lowest BCUT2D eigenvalue weighted by atomic mass is 10.1. The van der Waals surface area contributed by atoms with Gasteiger partial charge in [-0.15, -0.1) is 4.40 Å². The van der Waals surface area contributed by atoms with Gasteiger partial charge in [-0.3, -0.25) is 9.10 Å². The van der Waals surface area contributed by atoms with Crippen LogP contribution in [-0.4, -0.2) is 24.3 Å². The molecule has 1 heterocycles. The summed E-state index contributed by atoms with van der Waals surface area (Å²) >= 11 is 0. The van der Waals surface area contributed by atoms with E-state index in [2.05, 4.69) is 9.71 Å². The summed E-state index contributed by atoms with van der Waals surface area (Å²) in [6.45, 7) is 3.51. The Morgan fingerprint density at radius 2 is 1.69 bits per heavy atom. The summed E-state index contributed by atoms with van der Waals surface area (Å²) in [5.41, 5.74) is 2.79. The summed E-state index contributed by atoms with van der Waals surface area (Å²) in [6, 6.07) is 16.5. The quantitative estimate of drug-likeness (QED) is 0.900. The van der Waals surface area contributed by atoms with E-state index in [-0.39, 0.29) is 17.8 Å². The fourth-order valence-electron chi connectivity index (χ4n) is 2.59.